The molecule has 1 fully saturated rings. The number of fused-ring (bicyclic) bond motifs is 1. The minimum Gasteiger partial charge on any atom is -0.497 e. The van der Waals surface area contributed by atoms with Crippen molar-refractivity contribution in [3.63, 3.8) is 0 Å². The molecule has 2 aromatic carbocycles. The zero-order chi connectivity index (χ0) is 21.7. The van der Waals surface area contributed by atoms with Gasteiger partial charge >= 0.3 is 0 Å². The number of hydrogen-bond acceptors (Lipinski definition) is 6. The van der Waals surface area contributed by atoms with Crippen molar-refractivity contribution in [3.05, 3.63) is 40.8 Å². The van der Waals surface area contributed by atoms with E-state index in [0.717, 1.165) is 40.3 Å². The lowest BCUT2D eigenvalue weighted by atomic mass is 10.0. The molecule has 0 saturated carbocycles. The molecular formula is C22H24N2O5S. The predicted molar refractivity (Wildman–Crippen MR) is 118 cm³/mol. The number of nitrogens with zero attached hydrogens (tertiary/aromatic N) is 1. The molecule has 30 heavy (non-hydrogen) atoms. The SMILES string of the molecule is CCCCNC(=O)CN1C(=O)S/C(=C\c2c(OC)ccc3ccc(OC)cc23)C1=O. The van der Waals surface area contributed by atoms with Crippen LogP contribution in [0.25, 0.3) is 16.8 Å². The molecule has 158 valence electrons. The van der Waals surface area contributed by atoms with Crippen molar-refractivity contribution in [1.82, 2.24) is 10.2 Å². The van der Waals surface area contributed by atoms with Crippen LogP contribution in [0.15, 0.2) is 35.2 Å². The number of benzene rings is 2. The first-order valence-corrected chi connectivity index (χ1v) is 10.5. The highest BCUT2D eigenvalue weighted by molar-refractivity contribution is 8.18. The second-order valence-corrected chi connectivity index (χ2v) is 7.73. The third-order valence-electron chi connectivity index (χ3n) is 4.75. The van der Waals surface area contributed by atoms with Gasteiger partial charge in [-0.05, 0) is 53.2 Å². The van der Waals surface area contributed by atoms with Gasteiger partial charge in [-0.3, -0.25) is 19.3 Å². The molecule has 8 heteroatoms. The van der Waals surface area contributed by atoms with E-state index in [-0.39, 0.29) is 17.4 Å². The summed E-state index contributed by atoms with van der Waals surface area (Å²) in [5.74, 6) is 0.402. The molecule has 0 unspecified atom stereocenters. The lowest BCUT2D eigenvalue weighted by Gasteiger charge is -2.12. The molecule has 1 saturated heterocycles. The minimum atomic E-state index is -0.488. The van der Waals surface area contributed by atoms with Crippen LogP contribution in [0.1, 0.15) is 25.3 Å². The van der Waals surface area contributed by atoms with Gasteiger partial charge < -0.3 is 14.8 Å². The van der Waals surface area contributed by atoms with E-state index in [1.54, 1.807) is 20.3 Å². The van der Waals surface area contributed by atoms with E-state index in [1.165, 1.54) is 0 Å². The molecule has 0 aliphatic carbocycles. The average Bonchev–Trinajstić information content (AvgIpc) is 3.01. The molecule has 7 nitrogen and oxygen atoms in total. The lowest BCUT2D eigenvalue weighted by molar-refractivity contribution is -0.129. The molecule has 1 aliphatic rings. The van der Waals surface area contributed by atoms with Gasteiger partial charge in [-0.1, -0.05) is 25.5 Å². The van der Waals surface area contributed by atoms with Gasteiger partial charge in [-0.2, -0.15) is 0 Å². The summed E-state index contributed by atoms with van der Waals surface area (Å²) < 4.78 is 10.8. The van der Waals surface area contributed by atoms with E-state index in [0.29, 0.717) is 23.6 Å². The number of rotatable bonds is 8. The molecule has 3 rings (SSSR count). The average molecular weight is 429 g/mol. The number of imide groups is 1. The van der Waals surface area contributed by atoms with Gasteiger partial charge in [-0.15, -0.1) is 0 Å². The van der Waals surface area contributed by atoms with Crippen LogP contribution in [0.4, 0.5) is 4.79 Å². The number of unbranched alkanes of at least 4 members (excludes halogenated alkanes) is 1. The van der Waals surface area contributed by atoms with Crippen molar-refractivity contribution in [3.8, 4) is 11.5 Å². The Morgan fingerprint density at radius 3 is 2.63 bits per heavy atom. The summed E-state index contributed by atoms with van der Waals surface area (Å²) in [4.78, 5) is 38.4. The lowest BCUT2D eigenvalue weighted by Crippen LogP contribution is -2.39. The van der Waals surface area contributed by atoms with Gasteiger partial charge in [0.25, 0.3) is 11.1 Å². The molecule has 0 atom stereocenters. The minimum absolute atomic E-state index is 0.245. The maximum Gasteiger partial charge on any atom is 0.294 e. The first-order chi connectivity index (χ1) is 14.5. The monoisotopic (exact) mass is 428 g/mol. The molecule has 0 bridgehead atoms. The predicted octanol–water partition coefficient (Wildman–Crippen LogP) is 3.81. The molecule has 1 aliphatic heterocycles. The van der Waals surface area contributed by atoms with Crippen LogP contribution in [0, 0.1) is 0 Å². The Hall–Kier alpha value is -3.00. The van der Waals surface area contributed by atoms with E-state index < -0.39 is 11.1 Å². The summed E-state index contributed by atoms with van der Waals surface area (Å²) in [5, 5.41) is 4.03. The standard InChI is InChI=1S/C22H24N2O5S/c1-4-5-10-23-20(25)13-24-21(26)19(30-22(24)27)12-17-16-11-15(28-2)8-6-14(16)7-9-18(17)29-3/h6-9,11-12H,4-5,10,13H2,1-3H3,(H,23,25)/b19-12-. The van der Waals surface area contributed by atoms with Gasteiger partial charge in [0.15, 0.2) is 0 Å². The van der Waals surface area contributed by atoms with Crippen molar-refractivity contribution in [2.75, 3.05) is 27.3 Å². The van der Waals surface area contributed by atoms with E-state index in [2.05, 4.69) is 5.32 Å². The normalized spacial score (nSPS) is 15.2. The zero-order valence-corrected chi connectivity index (χ0v) is 18.0. The van der Waals surface area contributed by atoms with E-state index in [1.807, 2.05) is 37.3 Å². The Kier molecular flexibility index (Phi) is 6.99. The van der Waals surface area contributed by atoms with Gasteiger partial charge in [0.2, 0.25) is 5.91 Å². The summed E-state index contributed by atoms with van der Waals surface area (Å²) in [5.41, 5.74) is 0.673. The first-order valence-electron chi connectivity index (χ1n) is 9.65. The summed E-state index contributed by atoms with van der Waals surface area (Å²) in [6.45, 7) is 2.26. The highest BCUT2D eigenvalue weighted by Gasteiger charge is 2.36. The largest absolute Gasteiger partial charge is 0.497 e. The molecule has 3 amide bonds. The maximum absolute atomic E-state index is 12.8. The van der Waals surface area contributed by atoms with Crippen LogP contribution in [0.5, 0.6) is 11.5 Å². The van der Waals surface area contributed by atoms with Crippen LogP contribution >= 0.6 is 11.8 Å². The first kappa shape index (κ1) is 21.7. The zero-order valence-electron chi connectivity index (χ0n) is 17.2. The number of thioether (sulfide) groups is 1. The molecule has 0 spiro atoms. The van der Waals surface area contributed by atoms with Crippen molar-refractivity contribution < 1.29 is 23.9 Å². The summed E-state index contributed by atoms with van der Waals surface area (Å²) in [6, 6.07) is 9.35. The number of amides is 3. The van der Waals surface area contributed by atoms with E-state index >= 15 is 0 Å². The molecular weight excluding hydrogens is 404 g/mol. The van der Waals surface area contributed by atoms with Crippen LogP contribution in [0.2, 0.25) is 0 Å². The van der Waals surface area contributed by atoms with Crippen LogP contribution < -0.4 is 14.8 Å². The summed E-state index contributed by atoms with van der Waals surface area (Å²) in [7, 11) is 3.13. The number of carbonyl (C=O) groups excluding carboxylic acids is 3. The van der Waals surface area contributed by atoms with Crippen LogP contribution in [0.3, 0.4) is 0 Å². The van der Waals surface area contributed by atoms with Crippen molar-refractivity contribution in [1.29, 1.82) is 0 Å². The van der Waals surface area contributed by atoms with Crippen LogP contribution in [-0.4, -0.2) is 49.3 Å². The van der Waals surface area contributed by atoms with E-state index in [9.17, 15) is 14.4 Å². The number of carbonyl (C=O) groups is 3. The number of nitrogens with one attached hydrogen (secondary N) is 1. The van der Waals surface area contributed by atoms with Crippen molar-refractivity contribution in [2.24, 2.45) is 0 Å². The summed E-state index contributed by atoms with van der Waals surface area (Å²) in [6.07, 6.45) is 3.43. The molecule has 2 aromatic rings. The van der Waals surface area contributed by atoms with Gasteiger partial charge in [0, 0.05) is 12.1 Å². The topological polar surface area (TPSA) is 84.9 Å². The number of ether oxygens (including phenoxy) is 2. The van der Waals surface area contributed by atoms with E-state index in [4.69, 9.17) is 9.47 Å². The maximum atomic E-state index is 12.8. The number of methoxy groups -OCH3 is 2. The fraction of sp³-hybridized carbons (Fsp3) is 0.318. The Morgan fingerprint density at radius 2 is 1.93 bits per heavy atom. The Balaban J connectivity index is 1.91. The quantitative estimate of drug-likeness (QED) is 0.508. The molecule has 1 heterocycles. The fourth-order valence-electron chi connectivity index (χ4n) is 3.13. The highest BCUT2D eigenvalue weighted by atomic mass is 32.2. The third kappa shape index (κ3) is 4.59. The highest BCUT2D eigenvalue weighted by Crippen LogP contribution is 2.37. The Bertz CT molecular complexity index is 1010. The third-order valence-corrected chi connectivity index (χ3v) is 5.66. The van der Waals surface area contributed by atoms with Crippen molar-refractivity contribution in [2.45, 2.75) is 19.8 Å². The second-order valence-electron chi connectivity index (χ2n) is 6.74. The number of hydrogen-bond donors (Lipinski definition) is 1. The molecule has 0 aromatic heterocycles. The van der Waals surface area contributed by atoms with Crippen LogP contribution in [-0.2, 0) is 9.59 Å². The van der Waals surface area contributed by atoms with Gasteiger partial charge in [-0.25, -0.2) is 0 Å². The van der Waals surface area contributed by atoms with Crippen molar-refractivity contribution >= 4 is 45.7 Å². The molecule has 1 N–H and O–H groups in total. The fourth-order valence-corrected chi connectivity index (χ4v) is 3.95. The molecule has 0 radical (unpaired) electrons. The smallest absolute Gasteiger partial charge is 0.294 e. The Labute approximate surface area is 179 Å². The second kappa shape index (κ2) is 9.67. The van der Waals surface area contributed by atoms with Gasteiger partial charge in [0.05, 0.1) is 19.1 Å². The van der Waals surface area contributed by atoms with Gasteiger partial charge in [0.1, 0.15) is 18.0 Å². The summed E-state index contributed by atoms with van der Waals surface area (Å²) >= 11 is 0.816. The Morgan fingerprint density at radius 1 is 1.17 bits per heavy atom.